The van der Waals surface area contributed by atoms with Crippen LogP contribution >= 0.6 is 11.8 Å². The molecule has 130 valence electrons. The molecule has 1 aromatic heterocycles. The number of aromatic nitrogens is 2. The second-order valence-corrected chi connectivity index (χ2v) is 5.57. The maximum Gasteiger partial charge on any atom is 0.250 e. The van der Waals surface area contributed by atoms with Crippen molar-refractivity contribution in [3.63, 3.8) is 0 Å². The van der Waals surface area contributed by atoms with E-state index in [9.17, 15) is 4.79 Å². The lowest BCUT2D eigenvalue weighted by Crippen LogP contribution is -2.19. The molecule has 1 N–H and O–H groups in total. The average Bonchev–Trinajstić information content (AvgIpc) is 2.66. The Morgan fingerprint density at radius 2 is 2.16 bits per heavy atom. The number of hydrazone groups is 1. The van der Waals surface area contributed by atoms with Gasteiger partial charge in [0.15, 0.2) is 16.7 Å². The second-order valence-electron chi connectivity index (χ2n) is 4.62. The number of methoxy groups -OCH3 is 1. The number of thioether (sulfide) groups is 1. The van der Waals surface area contributed by atoms with E-state index >= 15 is 0 Å². The smallest absolute Gasteiger partial charge is 0.250 e. The zero-order valence-corrected chi connectivity index (χ0v) is 14.5. The molecule has 0 radical (unpaired) electrons. The van der Waals surface area contributed by atoms with Crippen LogP contribution in [0.15, 0.2) is 59.6 Å². The van der Waals surface area contributed by atoms with Gasteiger partial charge < -0.3 is 9.47 Å². The number of hydrogen-bond acceptors (Lipinski definition) is 7. The molecule has 7 nitrogen and oxygen atoms in total. The van der Waals surface area contributed by atoms with Crippen LogP contribution in [0.4, 0.5) is 0 Å². The van der Waals surface area contributed by atoms with Crippen LogP contribution < -0.4 is 14.9 Å². The zero-order chi connectivity index (χ0) is 17.9. The maximum atomic E-state index is 11.7. The summed E-state index contributed by atoms with van der Waals surface area (Å²) in [6.07, 6.45) is 6.44. The molecule has 0 aliphatic carbocycles. The summed E-state index contributed by atoms with van der Waals surface area (Å²) in [5.74, 6) is 1.13. The highest BCUT2D eigenvalue weighted by Gasteiger charge is 2.05. The highest BCUT2D eigenvalue weighted by molar-refractivity contribution is 7.99. The Kier molecular flexibility index (Phi) is 7.45. The lowest BCUT2D eigenvalue weighted by atomic mass is 10.2. The molecule has 2 rings (SSSR count). The van der Waals surface area contributed by atoms with Crippen LogP contribution in [-0.2, 0) is 4.79 Å². The standard InChI is InChI=1S/C17H18N4O3S/c1-3-9-24-14-6-5-13(10-15(14)23-2)11-20-21-16(22)12-25-17-18-7-4-8-19-17/h3-8,10-11H,1,9,12H2,2H3,(H,21,22)/b20-11-. The third kappa shape index (κ3) is 6.27. The topological polar surface area (TPSA) is 85.7 Å². The van der Waals surface area contributed by atoms with Crippen molar-refractivity contribution in [3.05, 3.63) is 54.9 Å². The molecule has 0 bridgehead atoms. The molecule has 0 spiro atoms. The third-order valence-electron chi connectivity index (χ3n) is 2.82. The van der Waals surface area contributed by atoms with Crippen LogP contribution in [0.1, 0.15) is 5.56 Å². The normalized spacial score (nSPS) is 10.4. The third-order valence-corrected chi connectivity index (χ3v) is 3.70. The Morgan fingerprint density at radius 3 is 2.88 bits per heavy atom. The Labute approximate surface area is 150 Å². The Bertz CT molecular complexity index is 738. The van der Waals surface area contributed by atoms with Gasteiger partial charge in [0.05, 0.1) is 19.1 Å². The molecule has 0 saturated carbocycles. The number of carbonyl (C=O) groups excluding carboxylic acids is 1. The van der Waals surface area contributed by atoms with Gasteiger partial charge in [-0.05, 0) is 29.8 Å². The fourth-order valence-corrected chi connectivity index (χ4v) is 2.33. The van der Waals surface area contributed by atoms with Crippen LogP contribution in [0, 0.1) is 0 Å². The number of nitrogens with zero attached hydrogens (tertiary/aromatic N) is 3. The zero-order valence-electron chi connectivity index (χ0n) is 13.7. The highest BCUT2D eigenvalue weighted by Crippen LogP contribution is 2.27. The van der Waals surface area contributed by atoms with E-state index in [0.29, 0.717) is 23.3 Å². The maximum absolute atomic E-state index is 11.7. The van der Waals surface area contributed by atoms with Crippen molar-refractivity contribution in [2.75, 3.05) is 19.5 Å². The molecule has 0 saturated heterocycles. The molecule has 0 fully saturated rings. The Balaban J connectivity index is 1.86. The number of nitrogens with one attached hydrogen (secondary N) is 1. The molecule has 0 aliphatic rings. The summed E-state index contributed by atoms with van der Waals surface area (Å²) in [5, 5.41) is 4.47. The van der Waals surface area contributed by atoms with Crippen molar-refractivity contribution in [1.82, 2.24) is 15.4 Å². The van der Waals surface area contributed by atoms with E-state index in [1.165, 1.54) is 18.0 Å². The monoisotopic (exact) mass is 358 g/mol. The van der Waals surface area contributed by atoms with E-state index < -0.39 is 0 Å². The highest BCUT2D eigenvalue weighted by atomic mass is 32.2. The largest absolute Gasteiger partial charge is 0.493 e. The van der Waals surface area contributed by atoms with Crippen molar-refractivity contribution >= 4 is 23.9 Å². The summed E-state index contributed by atoms with van der Waals surface area (Å²) in [6.45, 7) is 3.99. The molecule has 0 unspecified atom stereocenters. The van der Waals surface area contributed by atoms with Gasteiger partial charge in [0, 0.05) is 12.4 Å². The molecule has 25 heavy (non-hydrogen) atoms. The van der Waals surface area contributed by atoms with Crippen molar-refractivity contribution < 1.29 is 14.3 Å². The van der Waals surface area contributed by atoms with Crippen molar-refractivity contribution in [2.45, 2.75) is 5.16 Å². The first-order chi connectivity index (χ1) is 12.2. The van der Waals surface area contributed by atoms with Crippen LogP contribution in [-0.4, -0.2) is 41.6 Å². The molecule has 1 heterocycles. The van der Waals surface area contributed by atoms with Gasteiger partial charge in [-0.3, -0.25) is 4.79 Å². The second kappa shape index (κ2) is 10.1. The molecular formula is C17H18N4O3S. The van der Waals surface area contributed by atoms with Gasteiger partial charge >= 0.3 is 0 Å². The predicted molar refractivity (Wildman–Crippen MR) is 97.2 cm³/mol. The number of ether oxygens (including phenoxy) is 2. The lowest BCUT2D eigenvalue weighted by molar-refractivity contribution is -0.118. The number of hydrogen-bond donors (Lipinski definition) is 1. The van der Waals surface area contributed by atoms with Crippen LogP contribution in [0.3, 0.4) is 0 Å². The fourth-order valence-electron chi connectivity index (χ4n) is 1.73. The van der Waals surface area contributed by atoms with E-state index in [2.05, 4.69) is 27.1 Å². The summed E-state index contributed by atoms with van der Waals surface area (Å²) in [6, 6.07) is 7.06. The average molecular weight is 358 g/mol. The Morgan fingerprint density at radius 1 is 1.36 bits per heavy atom. The number of rotatable bonds is 9. The summed E-state index contributed by atoms with van der Waals surface area (Å²) in [5.41, 5.74) is 3.22. The van der Waals surface area contributed by atoms with Gasteiger partial charge in [-0.15, -0.1) is 0 Å². The summed E-state index contributed by atoms with van der Waals surface area (Å²) in [4.78, 5) is 19.8. The van der Waals surface area contributed by atoms with Crippen molar-refractivity contribution in [3.8, 4) is 11.5 Å². The van der Waals surface area contributed by atoms with Gasteiger partial charge in [-0.25, -0.2) is 15.4 Å². The van der Waals surface area contributed by atoms with E-state index in [-0.39, 0.29) is 11.7 Å². The van der Waals surface area contributed by atoms with Crippen LogP contribution in [0.5, 0.6) is 11.5 Å². The number of carbonyl (C=O) groups is 1. The minimum Gasteiger partial charge on any atom is -0.493 e. The van der Waals surface area contributed by atoms with E-state index in [1.54, 1.807) is 43.8 Å². The Hall–Kier alpha value is -2.87. The molecule has 8 heteroatoms. The van der Waals surface area contributed by atoms with Gasteiger partial charge in [0.1, 0.15) is 6.61 Å². The molecule has 1 amide bonds. The fraction of sp³-hybridized carbons (Fsp3) is 0.176. The summed E-state index contributed by atoms with van der Waals surface area (Å²) < 4.78 is 10.7. The minimum atomic E-state index is -0.244. The predicted octanol–water partition coefficient (Wildman–Crippen LogP) is 2.29. The quantitative estimate of drug-likeness (QED) is 0.243. The first-order valence-corrected chi connectivity index (χ1v) is 8.35. The van der Waals surface area contributed by atoms with Gasteiger partial charge in [-0.2, -0.15) is 5.10 Å². The van der Waals surface area contributed by atoms with E-state index in [4.69, 9.17) is 9.47 Å². The minimum absolute atomic E-state index is 0.180. The van der Waals surface area contributed by atoms with Gasteiger partial charge in [0.2, 0.25) is 0 Å². The van der Waals surface area contributed by atoms with Crippen molar-refractivity contribution in [1.29, 1.82) is 0 Å². The number of benzene rings is 1. The first kappa shape index (κ1) is 18.5. The number of amides is 1. The van der Waals surface area contributed by atoms with E-state index in [1.807, 2.05) is 6.07 Å². The summed E-state index contributed by atoms with van der Waals surface area (Å²) >= 11 is 1.24. The van der Waals surface area contributed by atoms with Gasteiger partial charge in [0.25, 0.3) is 5.91 Å². The van der Waals surface area contributed by atoms with Gasteiger partial charge in [-0.1, -0.05) is 24.4 Å². The van der Waals surface area contributed by atoms with Crippen molar-refractivity contribution in [2.24, 2.45) is 5.10 Å². The lowest BCUT2D eigenvalue weighted by Gasteiger charge is -2.09. The SMILES string of the molecule is C=CCOc1ccc(/C=N\NC(=O)CSc2ncccn2)cc1OC. The summed E-state index contributed by atoms with van der Waals surface area (Å²) in [7, 11) is 1.56. The molecular weight excluding hydrogens is 340 g/mol. The van der Waals surface area contributed by atoms with Crippen LogP contribution in [0.2, 0.25) is 0 Å². The first-order valence-electron chi connectivity index (χ1n) is 7.36. The van der Waals surface area contributed by atoms with E-state index in [0.717, 1.165) is 5.56 Å². The molecule has 0 atom stereocenters. The molecule has 2 aromatic rings. The molecule has 1 aromatic carbocycles. The molecule has 0 aliphatic heterocycles. The van der Waals surface area contributed by atoms with Crippen LogP contribution in [0.25, 0.3) is 0 Å².